The van der Waals surface area contributed by atoms with E-state index < -0.39 is 0 Å². The lowest BCUT2D eigenvalue weighted by atomic mass is 10.2. The molecule has 0 aliphatic heterocycles. The van der Waals surface area contributed by atoms with Gasteiger partial charge in [0.1, 0.15) is 0 Å². The van der Waals surface area contributed by atoms with Gasteiger partial charge in [0.05, 0.1) is 0 Å². The number of carbonyl (C=O) groups is 1. The highest BCUT2D eigenvalue weighted by atomic mass is 16.2. The Kier molecular flexibility index (Phi) is 8.85. The molecule has 2 N–H and O–H groups in total. The van der Waals surface area contributed by atoms with Crippen LogP contribution in [-0.2, 0) is 4.79 Å². The van der Waals surface area contributed by atoms with Crippen molar-refractivity contribution in [2.75, 3.05) is 40.3 Å². The highest BCUT2D eigenvalue weighted by Crippen LogP contribution is 2.01. The summed E-state index contributed by atoms with van der Waals surface area (Å²) in [6, 6.07) is 0. The fraction of sp³-hybridized carbons (Fsp3) is 0.750. The number of hydrogen-bond donors (Lipinski definition) is 2. The summed E-state index contributed by atoms with van der Waals surface area (Å²) in [5.41, 5.74) is 0.619. The third-order valence-electron chi connectivity index (χ3n) is 2.36. The van der Waals surface area contributed by atoms with E-state index >= 15 is 0 Å². The number of nitrogens with zero attached hydrogens (tertiary/aromatic N) is 1. The molecule has 0 aliphatic carbocycles. The van der Waals surface area contributed by atoms with Crippen LogP contribution >= 0.6 is 0 Å². The Hall–Kier alpha value is -0.870. The molecule has 0 saturated carbocycles. The van der Waals surface area contributed by atoms with Crippen LogP contribution in [0.2, 0.25) is 0 Å². The Morgan fingerprint density at radius 1 is 1.12 bits per heavy atom. The molecule has 0 aromatic heterocycles. The molecule has 0 heterocycles. The maximum Gasteiger partial charge on any atom is 0.248 e. The number of nitrogens with one attached hydrogen (secondary N) is 2. The molecule has 0 spiro atoms. The van der Waals surface area contributed by atoms with Gasteiger partial charge in [0, 0.05) is 18.7 Å². The molecule has 0 aromatic rings. The lowest BCUT2D eigenvalue weighted by molar-refractivity contribution is -0.127. The molecule has 0 aromatic carbocycles. The van der Waals surface area contributed by atoms with E-state index in [9.17, 15) is 4.79 Å². The predicted molar refractivity (Wildman–Crippen MR) is 68.5 cm³/mol. The van der Waals surface area contributed by atoms with Crippen molar-refractivity contribution in [1.82, 2.24) is 15.5 Å². The molecule has 4 heteroatoms. The summed E-state index contributed by atoms with van der Waals surface area (Å²) >= 11 is 0. The maximum absolute atomic E-state index is 11.8. The molecule has 0 atom stereocenters. The molecule has 4 nitrogen and oxygen atoms in total. The van der Waals surface area contributed by atoms with Crippen molar-refractivity contribution in [2.24, 2.45) is 0 Å². The molecule has 0 unspecified atom stereocenters. The van der Waals surface area contributed by atoms with Gasteiger partial charge in [-0.05, 0) is 47.0 Å². The van der Waals surface area contributed by atoms with E-state index in [0.29, 0.717) is 5.57 Å². The van der Waals surface area contributed by atoms with E-state index in [4.69, 9.17) is 0 Å². The highest BCUT2D eigenvalue weighted by Gasteiger charge is 2.12. The monoisotopic (exact) mass is 227 g/mol. The van der Waals surface area contributed by atoms with Crippen LogP contribution in [0.15, 0.2) is 12.2 Å². The van der Waals surface area contributed by atoms with Crippen LogP contribution < -0.4 is 10.6 Å². The van der Waals surface area contributed by atoms with Crippen LogP contribution in [-0.4, -0.2) is 51.1 Å². The molecular weight excluding hydrogens is 202 g/mol. The van der Waals surface area contributed by atoms with Crippen molar-refractivity contribution in [3.8, 4) is 0 Å². The summed E-state index contributed by atoms with van der Waals surface area (Å²) in [7, 11) is 3.85. The van der Waals surface area contributed by atoms with Crippen molar-refractivity contribution < 1.29 is 4.79 Å². The summed E-state index contributed by atoms with van der Waals surface area (Å²) in [6.07, 6.45) is 1.96. The average Bonchev–Trinajstić information content (AvgIpc) is 2.26. The minimum absolute atomic E-state index is 0.0761. The van der Waals surface area contributed by atoms with Gasteiger partial charge in [0.2, 0.25) is 5.91 Å². The molecule has 1 amide bonds. The van der Waals surface area contributed by atoms with Gasteiger partial charge in [-0.25, -0.2) is 0 Å². The van der Waals surface area contributed by atoms with Gasteiger partial charge in [-0.2, -0.15) is 0 Å². The molecule has 0 aliphatic rings. The minimum atomic E-state index is 0.0761. The van der Waals surface area contributed by atoms with Gasteiger partial charge < -0.3 is 15.5 Å². The van der Waals surface area contributed by atoms with Gasteiger partial charge in [0.15, 0.2) is 0 Å². The molecule has 0 radical (unpaired) electrons. The summed E-state index contributed by atoms with van der Waals surface area (Å²) < 4.78 is 0. The molecule has 16 heavy (non-hydrogen) atoms. The lowest BCUT2D eigenvalue weighted by Crippen LogP contribution is -2.35. The van der Waals surface area contributed by atoms with Gasteiger partial charge in [-0.1, -0.05) is 6.58 Å². The number of rotatable bonds is 9. The fourth-order valence-corrected chi connectivity index (χ4v) is 1.48. The quantitative estimate of drug-likeness (QED) is 0.448. The average molecular weight is 227 g/mol. The van der Waals surface area contributed by atoms with Crippen LogP contribution in [0.4, 0.5) is 0 Å². The molecule has 94 valence electrons. The van der Waals surface area contributed by atoms with Crippen LogP contribution in [0.1, 0.15) is 19.8 Å². The summed E-state index contributed by atoms with van der Waals surface area (Å²) in [5.74, 6) is 0.0761. The molecule has 0 fully saturated rings. The zero-order valence-corrected chi connectivity index (χ0v) is 10.8. The first-order valence-electron chi connectivity index (χ1n) is 5.87. The maximum atomic E-state index is 11.8. The van der Waals surface area contributed by atoms with E-state index in [1.807, 2.05) is 19.0 Å². The third-order valence-corrected chi connectivity index (χ3v) is 2.36. The molecular formula is C12H25N3O. The van der Waals surface area contributed by atoms with Crippen molar-refractivity contribution >= 4 is 5.91 Å². The van der Waals surface area contributed by atoms with Crippen molar-refractivity contribution in [3.05, 3.63) is 12.2 Å². The van der Waals surface area contributed by atoms with Crippen LogP contribution in [0.3, 0.4) is 0 Å². The Morgan fingerprint density at radius 2 is 1.56 bits per heavy atom. The third kappa shape index (κ3) is 6.58. The SMILES string of the molecule is C=C(C)C(=O)N(CCCNC)CCCNC. The van der Waals surface area contributed by atoms with E-state index in [1.54, 1.807) is 6.92 Å². The summed E-state index contributed by atoms with van der Waals surface area (Å²) in [4.78, 5) is 13.7. The number of amides is 1. The molecule has 0 bridgehead atoms. The van der Waals surface area contributed by atoms with Crippen LogP contribution in [0.25, 0.3) is 0 Å². The largest absolute Gasteiger partial charge is 0.339 e. The molecule has 0 rings (SSSR count). The van der Waals surface area contributed by atoms with Crippen molar-refractivity contribution in [1.29, 1.82) is 0 Å². The normalized spacial score (nSPS) is 10.2. The topological polar surface area (TPSA) is 44.4 Å². The summed E-state index contributed by atoms with van der Waals surface area (Å²) in [5, 5.41) is 6.17. The second-order valence-corrected chi connectivity index (χ2v) is 3.99. The van der Waals surface area contributed by atoms with E-state index in [2.05, 4.69) is 17.2 Å². The number of hydrogen-bond acceptors (Lipinski definition) is 3. The van der Waals surface area contributed by atoms with Crippen LogP contribution in [0, 0.1) is 0 Å². The Balaban J connectivity index is 4.05. The molecule has 0 saturated heterocycles. The zero-order valence-electron chi connectivity index (χ0n) is 10.8. The smallest absolute Gasteiger partial charge is 0.248 e. The van der Waals surface area contributed by atoms with Crippen molar-refractivity contribution in [2.45, 2.75) is 19.8 Å². The lowest BCUT2D eigenvalue weighted by Gasteiger charge is -2.22. The highest BCUT2D eigenvalue weighted by molar-refractivity contribution is 5.92. The summed E-state index contributed by atoms with van der Waals surface area (Å²) in [6.45, 7) is 8.96. The van der Waals surface area contributed by atoms with Gasteiger partial charge in [0.25, 0.3) is 0 Å². The number of carbonyl (C=O) groups excluding carboxylic acids is 1. The Bertz CT molecular complexity index is 206. The zero-order chi connectivity index (χ0) is 12.4. The fourth-order valence-electron chi connectivity index (χ4n) is 1.48. The van der Waals surface area contributed by atoms with E-state index in [1.165, 1.54) is 0 Å². The minimum Gasteiger partial charge on any atom is -0.339 e. The Morgan fingerprint density at radius 3 is 1.88 bits per heavy atom. The van der Waals surface area contributed by atoms with E-state index in [0.717, 1.165) is 39.0 Å². The first-order valence-corrected chi connectivity index (χ1v) is 5.87. The Labute approximate surface area is 99.1 Å². The second kappa shape index (κ2) is 9.36. The van der Waals surface area contributed by atoms with Crippen molar-refractivity contribution in [3.63, 3.8) is 0 Å². The van der Waals surface area contributed by atoms with Gasteiger partial charge in [-0.3, -0.25) is 4.79 Å². The van der Waals surface area contributed by atoms with Crippen LogP contribution in [0.5, 0.6) is 0 Å². The van der Waals surface area contributed by atoms with E-state index in [-0.39, 0.29) is 5.91 Å². The first-order chi connectivity index (χ1) is 7.63. The first kappa shape index (κ1) is 15.1. The standard InChI is InChI=1S/C12H25N3O/c1-11(2)12(16)15(9-5-7-13-3)10-6-8-14-4/h13-14H,1,5-10H2,2-4H3. The van der Waals surface area contributed by atoms with Gasteiger partial charge in [-0.15, -0.1) is 0 Å². The second-order valence-electron chi connectivity index (χ2n) is 3.99. The predicted octanol–water partition coefficient (Wildman–Crippen LogP) is 0.610. The van der Waals surface area contributed by atoms with Gasteiger partial charge >= 0.3 is 0 Å².